The van der Waals surface area contributed by atoms with Crippen LogP contribution in [0.1, 0.15) is 66.7 Å². The summed E-state index contributed by atoms with van der Waals surface area (Å²) in [5, 5.41) is 0. The highest BCUT2D eigenvalue weighted by atomic mass is 16.5. The lowest BCUT2D eigenvalue weighted by atomic mass is 9.73. The van der Waals surface area contributed by atoms with Crippen LogP contribution in [0.2, 0.25) is 0 Å². The van der Waals surface area contributed by atoms with Crippen LogP contribution in [0, 0.1) is 11.8 Å². The first kappa shape index (κ1) is 18.9. The minimum absolute atomic E-state index is 0.110. The van der Waals surface area contributed by atoms with E-state index in [0.717, 1.165) is 25.6 Å². The Morgan fingerprint density at radius 2 is 1.81 bits per heavy atom. The molecular formula is C18H36O3. The van der Waals surface area contributed by atoms with Gasteiger partial charge in [-0.25, -0.2) is 0 Å². The highest BCUT2D eigenvalue weighted by Crippen LogP contribution is 2.40. The lowest BCUT2D eigenvalue weighted by molar-refractivity contribution is -0.115. The summed E-state index contributed by atoms with van der Waals surface area (Å²) in [6, 6.07) is 0. The lowest BCUT2D eigenvalue weighted by Crippen LogP contribution is -2.43. The van der Waals surface area contributed by atoms with Gasteiger partial charge in [0.05, 0.1) is 24.9 Å². The molecule has 0 aromatic carbocycles. The molecule has 0 heterocycles. The Morgan fingerprint density at radius 3 is 2.43 bits per heavy atom. The van der Waals surface area contributed by atoms with Crippen LogP contribution in [0.25, 0.3) is 0 Å². The molecule has 0 bridgehead atoms. The van der Waals surface area contributed by atoms with Gasteiger partial charge in [-0.05, 0) is 44.9 Å². The molecule has 0 amide bonds. The molecule has 0 saturated heterocycles. The molecule has 3 heteroatoms. The van der Waals surface area contributed by atoms with Gasteiger partial charge >= 0.3 is 0 Å². The third-order valence-electron chi connectivity index (χ3n) is 4.54. The summed E-state index contributed by atoms with van der Waals surface area (Å²) in [6.45, 7) is 14.0. The molecule has 0 radical (unpaired) electrons. The Balaban J connectivity index is 2.14. The van der Waals surface area contributed by atoms with E-state index >= 15 is 0 Å². The van der Waals surface area contributed by atoms with Gasteiger partial charge < -0.3 is 14.2 Å². The first-order valence-corrected chi connectivity index (χ1v) is 8.79. The smallest absolute Gasteiger partial charge is 0.0707 e. The Labute approximate surface area is 131 Å². The minimum Gasteiger partial charge on any atom is -0.379 e. The summed E-state index contributed by atoms with van der Waals surface area (Å²) in [5.74, 6) is 1.39. The van der Waals surface area contributed by atoms with Crippen LogP contribution >= 0.6 is 0 Å². The number of hydrogen-bond donors (Lipinski definition) is 0. The molecule has 1 aliphatic carbocycles. The standard InChI is InChI=1S/C18H36O3/c1-15(2)18(9-6-8-17(5)14-18)21-11-7-10-19-12-13-20-16(3)4/h15-17H,6-14H2,1-5H3. The zero-order valence-corrected chi connectivity index (χ0v) is 14.8. The van der Waals surface area contributed by atoms with E-state index in [2.05, 4.69) is 20.8 Å². The molecule has 1 saturated carbocycles. The number of hydrogen-bond acceptors (Lipinski definition) is 3. The molecule has 0 spiro atoms. The molecule has 3 nitrogen and oxygen atoms in total. The monoisotopic (exact) mass is 300 g/mol. The van der Waals surface area contributed by atoms with Gasteiger partial charge in [-0.15, -0.1) is 0 Å². The fraction of sp³-hybridized carbons (Fsp3) is 1.00. The van der Waals surface area contributed by atoms with E-state index in [-0.39, 0.29) is 11.7 Å². The summed E-state index contributed by atoms with van der Waals surface area (Å²) in [4.78, 5) is 0. The van der Waals surface area contributed by atoms with Crippen LogP contribution in [0.4, 0.5) is 0 Å². The zero-order valence-electron chi connectivity index (χ0n) is 14.8. The normalized spacial score (nSPS) is 26.7. The van der Waals surface area contributed by atoms with Crippen molar-refractivity contribution in [2.75, 3.05) is 26.4 Å². The number of rotatable bonds is 10. The quantitative estimate of drug-likeness (QED) is 0.558. The second kappa shape index (κ2) is 9.81. The number of ether oxygens (including phenoxy) is 3. The van der Waals surface area contributed by atoms with Gasteiger partial charge in [-0.2, -0.15) is 0 Å². The van der Waals surface area contributed by atoms with Gasteiger partial charge in [0.2, 0.25) is 0 Å². The van der Waals surface area contributed by atoms with E-state index in [4.69, 9.17) is 14.2 Å². The molecule has 1 rings (SSSR count). The summed E-state index contributed by atoms with van der Waals surface area (Å²) in [5.41, 5.74) is 0.110. The van der Waals surface area contributed by atoms with E-state index in [1.54, 1.807) is 0 Å². The average Bonchev–Trinajstić information content (AvgIpc) is 2.41. The minimum atomic E-state index is 0.110. The van der Waals surface area contributed by atoms with Crippen LogP contribution in [0.3, 0.4) is 0 Å². The Hall–Kier alpha value is -0.120. The molecule has 0 N–H and O–H groups in total. The van der Waals surface area contributed by atoms with E-state index in [1.165, 1.54) is 25.7 Å². The van der Waals surface area contributed by atoms with Crippen molar-refractivity contribution < 1.29 is 14.2 Å². The van der Waals surface area contributed by atoms with E-state index in [9.17, 15) is 0 Å². The molecule has 0 aromatic heterocycles. The molecule has 0 aliphatic heterocycles. The zero-order chi connectivity index (χ0) is 15.7. The Morgan fingerprint density at radius 1 is 1.05 bits per heavy atom. The highest BCUT2D eigenvalue weighted by molar-refractivity contribution is 4.89. The van der Waals surface area contributed by atoms with Crippen molar-refractivity contribution in [3.05, 3.63) is 0 Å². The first-order chi connectivity index (χ1) is 9.96. The van der Waals surface area contributed by atoms with Gasteiger partial charge in [0.25, 0.3) is 0 Å². The lowest BCUT2D eigenvalue weighted by Gasteiger charge is -2.43. The Kier molecular flexibility index (Phi) is 8.84. The average molecular weight is 300 g/mol. The SMILES string of the molecule is CC1CCCC(OCCCOCCOC(C)C)(C(C)C)C1. The van der Waals surface area contributed by atoms with Gasteiger partial charge in [0.15, 0.2) is 0 Å². The topological polar surface area (TPSA) is 27.7 Å². The largest absolute Gasteiger partial charge is 0.379 e. The van der Waals surface area contributed by atoms with E-state index < -0.39 is 0 Å². The van der Waals surface area contributed by atoms with Gasteiger partial charge in [-0.1, -0.05) is 33.6 Å². The highest BCUT2D eigenvalue weighted by Gasteiger charge is 2.38. The second-order valence-corrected chi connectivity index (χ2v) is 7.15. The van der Waals surface area contributed by atoms with Crippen molar-refractivity contribution in [1.82, 2.24) is 0 Å². The van der Waals surface area contributed by atoms with E-state index in [1.807, 2.05) is 13.8 Å². The maximum Gasteiger partial charge on any atom is 0.0707 e. The van der Waals surface area contributed by atoms with Gasteiger partial charge in [0, 0.05) is 13.2 Å². The van der Waals surface area contributed by atoms with Crippen molar-refractivity contribution >= 4 is 0 Å². The summed E-state index contributed by atoms with van der Waals surface area (Å²) < 4.78 is 17.4. The van der Waals surface area contributed by atoms with Gasteiger partial charge in [0.1, 0.15) is 0 Å². The summed E-state index contributed by atoms with van der Waals surface area (Å²) >= 11 is 0. The maximum atomic E-state index is 6.34. The third-order valence-corrected chi connectivity index (χ3v) is 4.54. The molecule has 1 fully saturated rings. The van der Waals surface area contributed by atoms with E-state index in [0.29, 0.717) is 19.1 Å². The van der Waals surface area contributed by atoms with Crippen LogP contribution in [0.15, 0.2) is 0 Å². The van der Waals surface area contributed by atoms with Crippen molar-refractivity contribution in [1.29, 1.82) is 0 Å². The van der Waals surface area contributed by atoms with Crippen molar-refractivity contribution in [2.45, 2.75) is 78.4 Å². The molecular weight excluding hydrogens is 264 g/mol. The molecule has 2 atom stereocenters. The summed E-state index contributed by atoms with van der Waals surface area (Å²) in [6.07, 6.45) is 6.37. The van der Waals surface area contributed by atoms with Crippen molar-refractivity contribution in [3.8, 4) is 0 Å². The predicted octanol–water partition coefficient (Wildman–Crippen LogP) is 4.44. The molecule has 0 aromatic rings. The fourth-order valence-corrected chi connectivity index (χ4v) is 3.25. The molecule has 2 unspecified atom stereocenters. The molecule has 1 aliphatic rings. The van der Waals surface area contributed by atoms with Crippen LogP contribution < -0.4 is 0 Å². The van der Waals surface area contributed by atoms with Crippen LogP contribution in [-0.2, 0) is 14.2 Å². The first-order valence-electron chi connectivity index (χ1n) is 8.79. The van der Waals surface area contributed by atoms with Crippen LogP contribution in [0.5, 0.6) is 0 Å². The molecule has 126 valence electrons. The Bertz CT molecular complexity index is 265. The fourth-order valence-electron chi connectivity index (χ4n) is 3.25. The third kappa shape index (κ3) is 7.12. The predicted molar refractivity (Wildman–Crippen MR) is 87.7 cm³/mol. The van der Waals surface area contributed by atoms with Crippen molar-refractivity contribution in [3.63, 3.8) is 0 Å². The van der Waals surface area contributed by atoms with Crippen LogP contribution in [-0.4, -0.2) is 38.1 Å². The molecule has 21 heavy (non-hydrogen) atoms. The second-order valence-electron chi connectivity index (χ2n) is 7.15. The summed E-state index contributed by atoms with van der Waals surface area (Å²) in [7, 11) is 0. The van der Waals surface area contributed by atoms with Gasteiger partial charge in [-0.3, -0.25) is 0 Å². The van der Waals surface area contributed by atoms with Crippen molar-refractivity contribution in [2.24, 2.45) is 11.8 Å². The maximum absolute atomic E-state index is 6.34.